The normalized spacial score (nSPS) is 18.9. The van der Waals surface area contributed by atoms with Gasteiger partial charge in [-0.3, -0.25) is 0 Å². The second-order valence-electron chi connectivity index (χ2n) is 15.7. The number of ether oxygens (including phenoxy) is 1. The lowest BCUT2D eigenvalue weighted by atomic mass is 9.80. The van der Waals surface area contributed by atoms with Gasteiger partial charge in [-0.25, -0.2) is 0 Å². The van der Waals surface area contributed by atoms with Crippen molar-refractivity contribution in [3.05, 3.63) is 48.6 Å². The van der Waals surface area contributed by atoms with Crippen LogP contribution in [0.4, 0.5) is 0 Å². The first-order valence-corrected chi connectivity index (χ1v) is 21.7. The highest BCUT2D eigenvalue weighted by molar-refractivity contribution is 4.94. The van der Waals surface area contributed by atoms with Gasteiger partial charge in [0, 0.05) is 0 Å². The van der Waals surface area contributed by atoms with Crippen molar-refractivity contribution in [1.82, 2.24) is 5.32 Å². The first kappa shape index (κ1) is 43.0. The van der Waals surface area contributed by atoms with Crippen LogP contribution in [0.5, 0.6) is 0 Å². The van der Waals surface area contributed by atoms with Crippen LogP contribution in [0.2, 0.25) is 0 Å². The Morgan fingerprint density at radius 3 is 1.38 bits per heavy atom. The SMILES string of the molecule is CCCCC/C=C\C/C=C\CCCCCCCCC1(CCCCCCCC/C=C\C/C=C\CCCCC)C[C@@H](CC2CCNCC2)CO1. The van der Waals surface area contributed by atoms with E-state index in [0.717, 1.165) is 31.3 Å². The van der Waals surface area contributed by atoms with Gasteiger partial charge in [-0.15, -0.1) is 0 Å². The Hall–Kier alpha value is -1.12. The first-order valence-electron chi connectivity index (χ1n) is 21.7. The van der Waals surface area contributed by atoms with Gasteiger partial charge in [0.2, 0.25) is 0 Å². The maximum atomic E-state index is 6.80. The van der Waals surface area contributed by atoms with E-state index >= 15 is 0 Å². The summed E-state index contributed by atoms with van der Waals surface area (Å²) in [6, 6.07) is 0. The number of allylic oxidation sites excluding steroid dienone is 8. The average molecular weight is 666 g/mol. The summed E-state index contributed by atoms with van der Waals surface area (Å²) in [4.78, 5) is 0. The standard InChI is InChI=1S/C46H83NO/c1-3-5-7-9-11-13-15-17-19-21-23-25-27-29-31-33-37-46(42-45(43-48-46)41-44-35-39-47-40-36-44)38-34-32-30-28-26-24-22-20-18-16-14-12-10-8-6-4-2/h11-14,17-20,44-45,47H,3-10,15-16,21-43H2,1-2H3/b13-11-,14-12-,19-17-,20-18-/t45-/m1/s1. The molecule has 2 heteroatoms. The highest BCUT2D eigenvalue weighted by Crippen LogP contribution is 2.42. The minimum Gasteiger partial charge on any atom is -0.375 e. The van der Waals surface area contributed by atoms with Gasteiger partial charge in [0.25, 0.3) is 0 Å². The van der Waals surface area contributed by atoms with Gasteiger partial charge < -0.3 is 10.1 Å². The second-order valence-corrected chi connectivity index (χ2v) is 15.7. The summed E-state index contributed by atoms with van der Waals surface area (Å²) < 4.78 is 6.80. The Labute approximate surface area is 301 Å². The lowest BCUT2D eigenvalue weighted by molar-refractivity contribution is -0.0143. The third-order valence-electron chi connectivity index (χ3n) is 11.1. The Kier molecular flexibility index (Phi) is 28.5. The topological polar surface area (TPSA) is 21.3 Å². The van der Waals surface area contributed by atoms with Crippen LogP contribution < -0.4 is 5.32 Å². The van der Waals surface area contributed by atoms with E-state index in [1.807, 2.05) is 0 Å². The summed E-state index contributed by atoms with van der Waals surface area (Å²) in [6.45, 7) is 8.04. The number of nitrogens with one attached hydrogen (secondary N) is 1. The maximum absolute atomic E-state index is 6.80. The maximum Gasteiger partial charge on any atom is 0.0686 e. The molecular formula is C46H83NO. The highest BCUT2D eigenvalue weighted by atomic mass is 16.5. The van der Waals surface area contributed by atoms with Crippen molar-refractivity contribution in [2.75, 3.05) is 19.7 Å². The van der Waals surface area contributed by atoms with Gasteiger partial charge in [-0.05, 0) is 128 Å². The van der Waals surface area contributed by atoms with Crippen LogP contribution >= 0.6 is 0 Å². The fourth-order valence-corrected chi connectivity index (χ4v) is 8.02. The molecular weight excluding hydrogens is 583 g/mol. The summed E-state index contributed by atoms with van der Waals surface area (Å²) in [7, 11) is 0. The van der Waals surface area contributed by atoms with Crippen LogP contribution in [-0.4, -0.2) is 25.3 Å². The first-order chi connectivity index (χ1) is 23.8. The van der Waals surface area contributed by atoms with E-state index in [-0.39, 0.29) is 5.60 Å². The molecule has 2 fully saturated rings. The molecule has 278 valence electrons. The fourth-order valence-electron chi connectivity index (χ4n) is 8.02. The molecule has 2 heterocycles. The fraction of sp³-hybridized carbons (Fsp3) is 0.826. The molecule has 2 aliphatic heterocycles. The third kappa shape index (κ3) is 24.1. The van der Waals surface area contributed by atoms with E-state index in [0.29, 0.717) is 0 Å². The molecule has 0 aromatic rings. The van der Waals surface area contributed by atoms with Crippen molar-refractivity contribution >= 4 is 0 Å². The van der Waals surface area contributed by atoms with Gasteiger partial charge in [0.05, 0.1) is 12.2 Å². The van der Waals surface area contributed by atoms with Crippen LogP contribution in [0.1, 0.15) is 206 Å². The number of hydrogen-bond acceptors (Lipinski definition) is 2. The van der Waals surface area contributed by atoms with Crippen molar-refractivity contribution in [1.29, 1.82) is 0 Å². The molecule has 2 saturated heterocycles. The van der Waals surface area contributed by atoms with Crippen molar-refractivity contribution in [3.63, 3.8) is 0 Å². The van der Waals surface area contributed by atoms with Crippen LogP contribution in [0, 0.1) is 11.8 Å². The second kappa shape index (κ2) is 31.8. The summed E-state index contributed by atoms with van der Waals surface area (Å²) in [5.41, 5.74) is 0.196. The quantitative estimate of drug-likeness (QED) is 0.0570. The highest BCUT2D eigenvalue weighted by Gasteiger charge is 2.40. The van der Waals surface area contributed by atoms with Crippen LogP contribution in [-0.2, 0) is 4.74 Å². The van der Waals surface area contributed by atoms with Gasteiger partial charge in [0.1, 0.15) is 0 Å². The largest absolute Gasteiger partial charge is 0.375 e. The van der Waals surface area contributed by atoms with Crippen molar-refractivity contribution in [3.8, 4) is 0 Å². The lowest BCUT2D eigenvalue weighted by Gasteiger charge is -2.30. The molecule has 0 bridgehead atoms. The van der Waals surface area contributed by atoms with Gasteiger partial charge >= 0.3 is 0 Å². The Bertz CT molecular complexity index is 755. The van der Waals surface area contributed by atoms with Crippen LogP contribution in [0.3, 0.4) is 0 Å². The molecule has 0 aromatic carbocycles. The summed E-state index contributed by atoms with van der Waals surface area (Å²) in [5, 5.41) is 3.56. The third-order valence-corrected chi connectivity index (χ3v) is 11.1. The van der Waals surface area contributed by atoms with Gasteiger partial charge in [0.15, 0.2) is 0 Å². The molecule has 2 nitrogen and oxygen atoms in total. The molecule has 2 rings (SSSR count). The van der Waals surface area contributed by atoms with E-state index in [4.69, 9.17) is 4.74 Å². The van der Waals surface area contributed by atoms with Crippen molar-refractivity contribution in [2.24, 2.45) is 11.8 Å². The Balaban J connectivity index is 1.56. The van der Waals surface area contributed by atoms with E-state index in [2.05, 4.69) is 67.8 Å². The van der Waals surface area contributed by atoms with Crippen LogP contribution in [0.15, 0.2) is 48.6 Å². The number of hydrogen-bond donors (Lipinski definition) is 1. The molecule has 0 radical (unpaired) electrons. The molecule has 0 saturated carbocycles. The summed E-state index contributed by atoms with van der Waals surface area (Å²) in [5.74, 6) is 1.74. The number of unbranched alkanes of at least 4 members (excludes halogenated alkanes) is 18. The van der Waals surface area contributed by atoms with Gasteiger partial charge in [-0.2, -0.15) is 0 Å². The zero-order chi connectivity index (χ0) is 34.1. The Morgan fingerprint density at radius 2 is 0.917 bits per heavy atom. The minimum absolute atomic E-state index is 0.196. The lowest BCUT2D eigenvalue weighted by Crippen LogP contribution is -2.30. The average Bonchev–Trinajstić information content (AvgIpc) is 3.50. The molecule has 1 N–H and O–H groups in total. The molecule has 0 unspecified atom stereocenters. The van der Waals surface area contributed by atoms with E-state index < -0.39 is 0 Å². The zero-order valence-corrected chi connectivity index (χ0v) is 32.5. The predicted octanol–water partition coefficient (Wildman–Crippen LogP) is 14.6. The molecule has 1 atom stereocenters. The van der Waals surface area contributed by atoms with Crippen molar-refractivity contribution < 1.29 is 4.74 Å². The monoisotopic (exact) mass is 666 g/mol. The van der Waals surface area contributed by atoms with Crippen molar-refractivity contribution in [2.45, 2.75) is 212 Å². The van der Waals surface area contributed by atoms with E-state index in [1.165, 1.54) is 193 Å². The molecule has 0 spiro atoms. The minimum atomic E-state index is 0.196. The number of piperidine rings is 1. The molecule has 2 aliphatic rings. The smallest absolute Gasteiger partial charge is 0.0686 e. The predicted molar refractivity (Wildman–Crippen MR) is 215 cm³/mol. The molecule has 0 aromatic heterocycles. The van der Waals surface area contributed by atoms with E-state index in [9.17, 15) is 0 Å². The summed E-state index contributed by atoms with van der Waals surface area (Å²) >= 11 is 0. The van der Waals surface area contributed by atoms with Gasteiger partial charge in [-0.1, -0.05) is 152 Å². The number of rotatable bonds is 32. The molecule has 0 amide bonds. The molecule has 48 heavy (non-hydrogen) atoms. The molecule has 0 aliphatic carbocycles. The Morgan fingerprint density at radius 1 is 0.500 bits per heavy atom. The van der Waals surface area contributed by atoms with E-state index in [1.54, 1.807) is 0 Å². The summed E-state index contributed by atoms with van der Waals surface area (Å²) in [6.07, 6.45) is 59.1. The zero-order valence-electron chi connectivity index (χ0n) is 32.5. The van der Waals surface area contributed by atoms with Crippen LogP contribution in [0.25, 0.3) is 0 Å².